The smallest absolute Gasteiger partial charge is 0.341 e. The van der Waals surface area contributed by atoms with Gasteiger partial charge in [0.1, 0.15) is 11.0 Å². The zero-order valence-electron chi connectivity index (χ0n) is 17.2. The fourth-order valence-electron chi connectivity index (χ4n) is 4.30. The minimum absolute atomic E-state index is 0.301. The first-order valence-electron chi connectivity index (χ1n) is 10.0. The molecule has 9 nitrogen and oxygen atoms in total. The Kier molecular flexibility index (Phi) is 5.21. The summed E-state index contributed by atoms with van der Waals surface area (Å²) in [7, 11) is 1.59. The molecule has 154 valence electrons. The van der Waals surface area contributed by atoms with Crippen LogP contribution in [0.1, 0.15) is 56.4 Å². The van der Waals surface area contributed by atoms with Crippen LogP contribution in [0.15, 0.2) is 18.6 Å². The van der Waals surface area contributed by atoms with E-state index in [0.717, 1.165) is 18.4 Å². The van der Waals surface area contributed by atoms with Gasteiger partial charge in [-0.05, 0) is 38.0 Å². The molecular weight excluding hydrogens is 372 g/mol. The maximum absolute atomic E-state index is 11.9. The maximum Gasteiger partial charge on any atom is 0.341 e. The maximum atomic E-state index is 11.9. The van der Waals surface area contributed by atoms with Gasteiger partial charge in [-0.2, -0.15) is 15.2 Å². The molecule has 0 N–H and O–H groups in total. The topological polar surface area (TPSA) is 97.0 Å². The highest BCUT2D eigenvalue weighted by molar-refractivity contribution is 5.88. The molecule has 9 heteroatoms. The van der Waals surface area contributed by atoms with Crippen molar-refractivity contribution < 1.29 is 14.3 Å². The molecule has 1 aliphatic rings. The molecule has 29 heavy (non-hydrogen) atoms. The fourth-order valence-corrected chi connectivity index (χ4v) is 4.30. The number of fused-ring (bicyclic) bond motifs is 1. The van der Waals surface area contributed by atoms with Gasteiger partial charge in [0.15, 0.2) is 0 Å². The number of esters is 1. The summed E-state index contributed by atoms with van der Waals surface area (Å²) in [4.78, 5) is 21.0. The third kappa shape index (κ3) is 3.68. The Labute approximate surface area is 169 Å². The molecule has 0 bridgehead atoms. The van der Waals surface area contributed by atoms with Gasteiger partial charge in [-0.3, -0.25) is 4.68 Å². The number of nitrogens with zero attached hydrogens (tertiary/aromatic N) is 6. The lowest BCUT2D eigenvalue weighted by molar-refractivity contribution is 0.0526. The fraction of sp³-hybridized carbons (Fsp3) is 0.550. The van der Waals surface area contributed by atoms with E-state index in [1.165, 1.54) is 17.3 Å². The lowest BCUT2D eigenvalue weighted by Crippen LogP contribution is -2.23. The van der Waals surface area contributed by atoms with Gasteiger partial charge in [-0.1, -0.05) is 13.8 Å². The molecule has 0 aromatic carbocycles. The standard InChI is InChI=1S/C20H26N6O3/c1-5-29-19(27)14-9-21-25(11-14)20-23-16-10-22-26(17(16)18(24-20)28-4)15-7-12(2)6-13(3)8-15/h9-13,15H,5-8H2,1-4H3/t12-,13+,15?. The van der Waals surface area contributed by atoms with Crippen LogP contribution in [0.5, 0.6) is 5.88 Å². The van der Waals surface area contributed by atoms with Gasteiger partial charge in [-0.25, -0.2) is 14.5 Å². The van der Waals surface area contributed by atoms with E-state index in [1.54, 1.807) is 26.4 Å². The molecule has 1 saturated carbocycles. The minimum atomic E-state index is -0.430. The molecule has 0 radical (unpaired) electrons. The first kappa shape index (κ1) is 19.4. The number of methoxy groups -OCH3 is 1. The lowest BCUT2D eigenvalue weighted by Gasteiger charge is -2.31. The molecule has 0 aliphatic heterocycles. The van der Waals surface area contributed by atoms with E-state index in [-0.39, 0.29) is 0 Å². The third-order valence-electron chi connectivity index (χ3n) is 5.39. The Morgan fingerprint density at radius 2 is 1.90 bits per heavy atom. The van der Waals surface area contributed by atoms with Crippen LogP contribution < -0.4 is 4.74 Å². The summed E-state index contributed by atoms with van der Waals surface area (Å²) in [5.41, 5.74) is 1.82. The summed E-state index contributed by atoms with van der Waals surface area (Å²) < 4.78 is 14.0. The Morgan fingerprint density at radius 3 is 2.59 bits per heavy atom. The molecular formula is C20H26N6O3. The molecule has 3 heterocycles. The zero-order chi connectivity index (χ0) is 20.5. The van der Waals surface area contributed by atoms with Gasteiger partial charge in [0.05, 0.1) is 37.7 Å². The molecule has 1 unspecified atom stereocenters. The van der Waals surface area contributed by atoms with E-state index in [9.17, 15) is 4.79 Å². The molecule has 3 atom stereocenters. The molecule has 0 saturated heterocycles. The van der Waals surface area contributed by atoms with Gasteiger partial charge in [-0.15, -0.1) is 0 Å². The Bertz CT molecular complexity index is 1020. The van der Waals surface area contributed by atoms with Crippen LogP contribution >= 0.6 is 0 Å². The van der Waals surface area contributed by atoms with Crippen molar-refractivity contribution in [3.63, 3.8) is 0 Å². The largest absolute Gasteiger partial charge is 0.479 e. The van der Waals surface area contributed by atoms with Crippen LogP contribution in [0, 0.1) is 11.8 Å². The SMILES string of the molecule is CCOC(=O)c1cnn(-c2nc(OC)c3c(cnn3C3C[C@@H](C)C[C@@H](C)C3)n2)c1. The summed E-state index contributed by atoms with van der Waals surface area (Å²) in [6, 6.07) is 0.301. The van der Waals surface area contributed by atoms with E-state index in [1.807, 2.05) is 4.68 Å². The molecule has 3 aromatic heterocycles. The Balaban J connectivity index is 1.72. The lowest BCUT2D eigenvalue weighted by atomic mass is 9.80. The second kappa shape index (κ2) is 7.81. The van der Waals surface area contributed by atoms with Crippen molar-refractivity contribution in [1.29, 1.82) is 0 Å². The van der Waals surface area contributed by atoms with Crippen molar-refractivity contribution in [1.82, 2.24) is 29.5 Å². The van der Waals surface area contributed by atoms with Gasteiger partial charge < -0.3 is 9.47 Å². The van der Waals surface area contributed by atoms with E-state index in [0.29, 0.717) is 47.4 Å². The summed E-state index contributed by atoms with van der Waals surface area (Å²) in [5.74, 6) is 1.63. The second-order valence-electron chi connectivity index (χ2n) is 7.82. The molecule has 4 rings (SSSR count). The number of hydrogen-bond acceptors (Lipinski definition) is 7. The van der Waals surface area contributed by atoms with Crippen LogP contribution in [0.4, 0.5) is 0 Å². The van der Waals surface area contributed by atoms with Crippen molar-refractivity contribution in [2.45, 2.75) is 46.1 Å². The summed E-state index contributed by atoms with van der Waals surface area (Å²) in [5, 5.41) is 8.82. The predicted molar refractivity (Wildman–Crippen MR) is 106 cm³/mol. The summed E-state index contributed by atoms with van der Waals surface area (Å²) in [6.45, 7) is 6.64. The molecule has 0 spiro atoms. The number of carbonyl (C=O) groups is 1. The number of aromatic nitrogens is 6. The zero-order valence-corrected chi connectivity index (χ0v) is 17.2. The van der Waals surface area contributed by atoms with Gasteiger partial charge in [0.2, 0.25) is 5.88 Å². The van der Waals surface area contributed by atoms with Crippen molar-refractivity contribution in [3.8, 4) is 11.8 Å². The second-order valence-corrected chi connectivity index (χ2v) is 7.82. The van der Waals surface area contributed by atoms with E-state index < -0.39 is 5.97 Å². The van der Waals surface area contributed by atoms with Gasteiger partial charge in [0.25, 0.3) is 5.95 Å². The van der Waals surface area contributed by atoms with Crippen molar-refractivity contribution in [2.75, 3.05) is 13.7 Å². The minimum Gasteiger partial charge on any atom is -0.479 e. The van der Waals surface area contributed by atoms with Crippen LogP contribution in [0.3, 0.4) is 0 Å². The van der Waals surface area contributed by atoms with Gasteiger partial charge in [0, 0.05) is 6.20 Å². The highest BCUT2D eigenvalue weighted by Gasteiger charge is 2.28. The molecule has 1 fully saturated rings. The molecule has 0 amide bonds. The van der Waals surface area contributed by atoms with Crippen LogP contribution in [0.2, 0.25) is 0 Å². The van der Waals surface area contributed by atoms with Crippen LogP contribution in [-0.2, 0) is 4.74 Å². The van der Waals surface area contributed by atoms with E-state index >= 15 is 0 Å². The average Bonchev–Trinajstić information content (AvgIpc) is 3.34. The monoisotopic (exact) mass is 398 g/mol. The number of ether oxygens (including phenoxy) is 2. The van der Waals surface area contributed by atoms with Crippen LogP contribution in [0.25, 0.3) is 17.0 Å². The quantitative estimate of drug-likeness (QED) is 0.609. The van der Waals surface area contributed by atoms with E-state index in [2.05, 4.69) is 34.0 Å². The average molecular weight is 398 g/mol. The first-order chi connectivity index (χ1) is 14.0. The van der Waals surface area contributed by atoms with Gasteiger partial charge >= 0.3 is 5.97 Å². The Morgan fingerprint density at radius 1 is 1.14 bits per heavy atom. The normalized spacial score (nSPS) is 22.0. The van der Waals surface area contributed by atoms with Crippen molar-refractivity contribution >= 4 is 17.0 Å². The first-order valence-corrected chi connectivity index (χ1v) is 10.0. The Hall–Kier alpha value is -2.97. The third-order valence-corrected chi connectivity index (χ3v) is 5.39. The number of rotatable bonds is 5. The number of carbonyl (C=O) groups excluding carboxylic acids is 1. The highest BCUT2D eigenvalue weighted by atomic mass is 16.5. The van der Waals surface area contributed by atoms with Crippen molar-refractivity contribution in [3.05, 3.63) is 24.2 Å². The highest BCUT2D eigenvalue weighted by Crippen LogP contribution is 2.38. The van der Waals surface area contributed by atoms with E-state index in [4.69, 9.17) is 9.47 Å². The number of hydrogen-bond donors (Lipinski definition) is 0. The summed E-state index contributed by atoms with van der Waals surface area (Å²) in [6.07, 6.45) is 8.13. The summed E-state index contributed by atoms with van der Waals surface area (Å²) >= 11 is 0. The predicted octanol–water partition coefficient (Wildman–Crippen LogP) is 3.19. The van der Waals surface area contributed by atoms with Crippen molar-refractivity contribution in [2.24, 2.45) is 11.8 Å². The molecule has 3 aromatic rings. The van der Waals surface area contributed by atoms with Crippen LogP contribution in [-0.4, -0.2) is 49.2 Å². The molecule has 1 aliphatic carbocycles.